The number of nitrogens with zero attached hydrogens (tertiary/aromatic N) is 2. The van der Waals surface area contributed by atoms with Crippen LogP contribution in [0.15, 0.2) is 52.5 Å². The van der Waals surface area contributed by atoms with Gasteiger partial charge < -0.3 is 9.47 Å². The summed E-state index contributed by atoms with van der Waals surface area (Å²) in [7, 11) is -2.41. The number of carbonyl (C=O) groups is 1. The Morgan fingerprint density at radius 1 is 1.10 bits per heavy atom. The minimum absolute atomic E-state index is 0.130. The second kappa shape index (κ2) is 11.5. The molecular formula is C22H29N3O5S. The summed E-state index contributed by atoms with van der Waals surface area (Å²) in [5.41, 5.74) is 4.00. The molecule has 0 atom stereocenters. The fourth-order valence-electron chi connectivity index (χ4n) is 2.60. The van der Waals surface area contributed by atoms with Crippen molar-refractivity contribution in [2.24, 2.45) is 5.10 Å². The Kier molecular flexibility index (Phi) is 9.02. The Morgan fingerprint density at radius 3 is 2.45 bits per heavy atom. The van der Waals surface area contributed by atoms with Crippen molar-refractivity contribution in [2.75, 3.05) is 26.8 Å². The van der Waals surface area contributed by atoms with Gasteiger partial charge in [0.2, 0.25) is 10.0 Å². The van der Waals surface area contributed by atoms with Gasteiger partial charge in [-0.3, -0.25) is 4.79 Å². The number of hydrogen-bond acceptors (Lipinski definition) is 6. The molecule has 168 valence electrons. The van der Waals surface area contributed by atoms with Gasteiger partial charge in [-0.1, -0.05) is 24.6 Å². The fourth-order valence-corrected chi connectivity index (χ4v) is 3.72. The highest BCUT2D eigenvalue weighted by atomic mass is 32.2. The molecule has 0 saturated heterocycles. The summed E-state index contributed by atoms with van der Waals surface area (Å²) in [5, 5.41) is 3.91. The number of hydrazone groups is 1. The number of nitrogens with one attached hydrogen (secondary N) is 1. The quantitative estimate of drug-likeness (QED) is 0.422. The molecule has 0 radical (unpaired) electrons. The minimum Gasteiger partial charge on any atom is -0.490 e. The Morgan fingerprint density at radius 2 is 1.81 bits per heavy atom. The lowest BCUT2D eigenvalue weighted by Gasteiger charge is -2.16. The zero-order chi connectivity index (χ0) is 22.9. The van der Waals surface area contributed by atoms with E-state index >= 15 is 0 Å². The second-order valence-corrected chi connectivity index (χ2v) is 8.90. The summed E-state index contributed by atoms with van der Waals surface area (Å²) in [6.07, 6.45) is 2.34. The van der Waals surface area contributed by atoms with E-state index in [2.05, 4.69) is 10.5 Å². The molecule has 0 bridgehead atoms. The van der Waals surface area contributed by atoms with Gasteiger partial charge in [0.25, 0.3) is 5.91 Å². The summed E-state index contributed by atoms with van der Waals surface area (Å²) in [5.74, 6) is 0.686. The van der Waals surface area contributed by atoms with Crippen molar-refractivity contribution >= 4 is 22.1 Å². The summed E-state index contributed by atoms with van der Waals surface area (Å²) < 4.78 is 37.4. The maximum atomic E-state index is 12.6. The van der Waals surface area contributed by atoms with Crippen LogP contribution in [0, 0.1) is 6.92 Å². The van der Waals surface area contributed by atoms with E-state index in [0.29, 0.717) is 30.3 Å². The topological polar surface area (TPSA) is 97.3 Å². The second-order valence-electron chi connectivity index (χ2n) is 6.85. The maximum Gasteiger partial charge on any atom is 0.255 e. The van der Waals surface area contributed by atoms with Gasteiger partial charge in [0.1, 0.15) is 0 Å². The number of amides is 1. The molecule has 0 spiro atoms. The highest BCUT2D eigenvalue weighted by Crippen LogP contribution is 2.28. The number of carbonyl (C=O) groups excluding carboxylic acids is 1. The van der Waals surface area contributed by atoms with Crippen LogP contribution in [0.5, 0.6) is 11.5 Å². The van der Waals surface area contributed by atoms with Gasteiger partial charge in [-0.15, -0.1) is 0 Å². The monoisotopic (exact) mass is 447 g/mol. The van der Waals surface area contributed by atoms with Gasteiger partial charge >= 0.3 is 0 Å². The summed E-state index contributed by atoms with van der Waals surface area (Å²) in [6.45, 7) is 6.49. The molecule has 2 aromatic carbocycles. The third-order valence-electron chi connectivity index (χ3n) is 4.23. The van der Waals surface area contributed by atoms with Crippen LogP contribution >= 0.6 is 0 Å². The van der Waals surface area contributed by atoms with Gasteiger partial charge in [-0.2, -0.15) is 9.41 Å². The molecule has 2 rings (SSSR count). The number of hydrogen-bond donors (Lipinski definition) is 1. The molecule has 0 aliphatic rings. The predicted molar refractivity (Wildman–Crippen MR) is 120 cm³/mol. The van der Waals surface area contributed by atoms with Crippen LogP contribution in [-0.4, -0.2) is 51.7 Å². The minimum atomic E-state index is -3.76. The number of rotatable bonds is 11. The van der Waals surface area contributed by atoms with Crippen LogP contribution in [0.25, 0.3) is 0 Å². The third kappa shape index (κ3) is 7.08. The zero-order valence-electron chi connectivity index (χ0n) is 18.3. The molecule has 0 unspecified atom stereocenters. The van der Waals surface area contributed by atoms with Gasteiger partial charge in [0.15, 0.2) is 11.5 Å². The lowest BCUT2D eigenvalue weighted by atomic mass is 10.2. The fraction of sp³-hybridized carbons (Fsp3) is 0.364. The third-order valence-corrected chi connectivity index (χ3v) is 6.05. The van der Waals surface area contributed by atoms with E-state index in [4.69, 9.17) is 9.47 Å². The summed E-state index contributed by atoms with van der Waals surface area (Å²) in [6, 6.07) is 11.8. The van der Waals surface area contributed by atoms with Crippen LogP contribution in [0.1, 0.15) is 31.4 Å². The first-order valence-electron chi connectivity index (χ1n) is 10.0. The van der Waals surface area contributed by atoms with Crippen molar-refractivity contribution in [1.82, 2.24) is 9.73 Å². The van der Waals surface area contributed by atoms with Crippen LogP contribution in [0.2, 0.25) is 0 Å². The first-order valence-corrected chi connectivity index (χ1v) is 11.5. The number of aryl methyl sites for hydroxylation is 1. The molecule has 8 nitrogen and oxygen atoms in total. The Labute approximate surface area is 183 Å². The van der Waals surface area contributed by atoms with E-state index in [0.717, 1.165) is 16.3 Å². The molecule has 9 heteroatoms. The molecule has 0 aliphatic heterocycles. The standard InChI is InChI=1S/C22H29N3O5S/c1-5-13-30-20-12-9-18(14-21(20)29-6-2)15-23-24-22(26)16-25(4)31(27,28)19-10-7-17(3)8-11-19/h7-12,14-15H,5-6,13,16H2,1-4H3,(H,24,26)/b23-15+. The number of sulfonamides is 1. The zero-order valence-corrected chi connectivity index (χ0v) is 19.1. The molecular weight excluding hydrogens is 418 g/mol. The smallest absolute Gasteiger partial charge is 0.255 e. The lowest BCUT2D eigenvalue weighted by Crippen LogP contribution is -2.36. The molecule has 0 saturated carbocycles. The first kappa shape index (κ1) is 24.4. The molecule has 0 fully saturated rings. The van der Waals surface area contributed by atoms with Crippen LogP contribution in [0.4, 0.5) is 0 Å². The van der Waals surface area contributed by atoms with Crippen LogP contribution in [-0.2, 0) is 14.8 Å². The summed E-state index contributed by atoms with van der Waals surface area (Å²) >= 11 is 0. The molecule has 1 N–H and O–H groups in total. The molecule has 0 aliphatic carbocycles. The van der Waals surface area contributed by atoms with Gasteiger partial charge in [-0.05, 0) is 56.2 Å². The maximum absolute atomic E-state index is 12.6. The highest BCUT2D eigenvalue weighted by molar-refractivity contribution is 7.89. The van der Waals surface area contributed by atoms with Gasteiger partial charge in [0, 0.05) is 7.05 Å². The average Bonchev–Trinajstić information content (AvgIpc) is 2.73. The van der Waals surface area contributed by atoms with Crippen molar-refractivity contribution in [3.63, 3.8) is 0 Å². The largest absolute Gasteiger partial charge is 0.490 e. The van der Waals surface area contributed by atoms with Crippen molar-refractivity contribution < 1.29 is 22.7 Å². The van der Waals surface area contributed by atoms with Gasteiger partial charge in [-0.25, -0.2) is 13.8 Å². The van der Waals surface area contributed by atoms with Crippen molar-refractivity contribution in [2.45, 2.75) is 32.1 Å². The van der Waals surface area contributed by atoms with Gasteiger partial charge in [0.05, 0.1) is 30.9 Å². The van der Waals surface area contributed by atoms with Crippen LogP contribution < -0.4 is 14.9 Å². The Hall–Kier alpha value is -2.91. The van der Waals surface area contributed by atoms with E-state index in [1.54, 1.807) is 30.3 Å². The molecule has 2 aromatic rings. The Bertz CT molecular complexity index is 1000. The van der Waals surface area contributed by atoms with E-state index in [1.165, 1.54) is 25.4 Å². The molecule has 31 heavy (non-hydrogen) atoms. The molecule has 0 heterocycles. The van der Waals surface area contributed by atoms with Crippen LogP contribution in [0.3, 0.4) is 0 Å². The number of likely N-dealkylation sites (N-methyl/N-ethyl adjacent to an activating group) is 1. The molecule has 1 amide bonds. The van der Waals surface area contributed by atoms with Crippen molar-refractivity contribution in [3.8, 4) is 11.5 Å². The average molecular weight is 448 g/mol. The number of benzene rings is 2. The first-order chi connectivity index (χ1) is 14.8. The molecule has 0 aromatic heterocycles. The number of ether oxygens (including phenoxy) is 2. The SMILES string of the molecule is CCCOc1ccc(/C=N/NC(=O)CN(C)S(=O)(=O)c2ccc(C)cc2)cc1OCC. The van der Waals surface area contributed by atoms with E-state index in [-0.39, 0.29) is 11.4 Å². The lowest BCUT2D eigenvalue weighted by molar-refractivity contribution is -0.121. The van der Waals surface area contributed by atoms with E-state index in [9.17, 15) is 13.2 Å². The predicted octanol–water partition coefficient (Wildman–Crippen LogP) is 2.95. The Balaban J connectivity index is 1.98. The summed E-state index contributed by atoms with van der Waals surface area (Å²) in [4.78, 5) is 12.3. The van der Waals surface area contributed by atoms with E-state index in [1.807, 2.05) is 20.8 Å². The van der Waals surface area contributed by atoms with E-state index < -0.39 is 15.9 Å². The van der Waals surface area contributed by atoms with Crippen molar-refractivity contribution in [3.05, 3.63) is 53.6 Å². The normalized spacial score (nSPS) is 11.6. The highest BCUT2D eigenvalue weighted by Gasteiger charge is 2.22. The van der Waals surface area contributed by atoms with Crippen molar-refractivity contribution in [1.29, 1.82) is 0 Å².